The van der Waals surface area contributed by atoms with Gasteiger partial charge in [-0.05, 0) is 70.3 Å². The van der Waals surface area contributed by atoms with Gasteiger partial charge in [-0.25, -0.2) is 4.57 Å². The lowest BCUT2D eigenvalue weighted by atomic mass is 9.90. The summed E-state index contributed by atoms with van der Waals surface area (Å²) in [4.78, 5) is 0. The van der Waals surface area contributed by atoms with E-state index in [9.17, 15) is 5.26 Å². The molecule has 0 spiro atoms. The van der Waals surface area contributed by atoms with Crippen molar-refractivity contribution in [3.63, 3.8) is 0 Å². The summed E-state index contributed by atoms with van der Waals surface area (Å²) in [7, 11) is 2.07. The number of aromatic nitrogens is 1. The molecule has 0 amide bonds. The summed E-state index contributed by atoms with van der Waals surface area (Å²) in [5.41, 5.74) is 8.60. The van der Waals surface area contributed by atoms with Gasteiger partial charge in [-0.15, -0.1) is 0 Å². The molecule has 2 heterocycles. The zero-order valence-corrected chi connectivity index (χ0v) is 21.5. The van der Waals surface area contributed by atoms with Crippen molar-refractivity contribution in [2.45, 2.75) is 13.8 Å². The number of furan rings is 1. The van der Waals surface area contributed by atoms with Crippen LogP contribution >= 0.6 is 0 Å². The lowest BCUT2D eigenvalue weighted by Gasteiger charge is -2.12. The van der Waals surface area contributed by atoms with E-state index in [1.807, 2.05) is 12.1 Å². The Morgan fingerprint density at radius 1 is 0.684 bits per heavy atom. The molecule has 0 fully saturated rings. The van der Waals surface area contributed by atoms with E-state index in [1.165, 1.54) is 16.3 Å². The van der Waals surface area contributed by atoms with Crippen LogP contribution in [0.4, 0.5) is 0 Å². The Kier molecular flexibility index (Phi) is 4.86. The second-order valence-corrected chi connectivity index (χ2v) is 10.1. The van der Waals surface area contributed by atoms with Gasteiger partial charge in [-0.3, -0.25) is 0 Å². The van der Waals surface area contributed by atoms with Crippen LogP contribution in [0.5, 0.6) is 0 Å². The maximum absolute atomic E-state index is 10.2. The van der Waals surface area contributed by atoms with Crippen LogP contribution in [0.3, 0.4) is 0 Å². The summed E-state index contributed by atoms with van der Waals surface area (Å²) in [5.74, 6) is 0. The first kappa shape index (κ1) is 22.3. The van der Waals surface area contributed by atoms with E-state index in [2.05, 4.69) is 117 Å². The van der Waals surface area contributed by atoms with E-state index in [-0.39, 0.29) is 0 Å². The van der Waals surface area contributed by atoms with Crippen LogP contribution in [0.15, 0.2) is 102 Å². The van der Waals surface area contributed by atoms with Crippen LogP contribution in [0.1, 0.15) is 16.7 Å². The maximum Gasteiger partial charge on any atom is 0.216 e. The highest BCUT2D eigenvalue weighted by molar-refractivity contribution is 6.19. The van der Waals surface area contributed by atoms with E-state index in [0.29, 0.717) is 5.56 Å². The molecule has 3 nitrogen and oxygen atoms in total. The predicted octanol–water partition coefficient (Wildman–Crippen LogP) is 8.54. The molecular formula is C35H25N2O+. The van der Waals surface area contributed by atoms with E-state index in [1.54, 1.807) is 0 Å². The number of benzene rings is 5. The molecular weight excluding hydrogens is 464 g/mol. The lowest BCUT2D eigenvalue weighted by Crippen LogP contribution is -2.30. The highest BCUT2D eigenvalue weighted by Crippen LogP contribution is 2.44. The van der Waals surface area contributed by atoms with Crippen molar-refractivity contribution in [3.8, 4) is 28.5 Å². The number of fused-ring (bicyclic) bond motifs is 6. The van der Waals surface area contributed by atoms with Gasteiger partial charge in [0.1, 0.15) is 18.2 Å². The largest absolute Gasteiger partial charge is 0.454 e. The Morgan fingerprint density at radius 3 is 2.16 bits per heavy atom. The van der Waals surface area contributed by atoms with E-state index in [4.69, 9.17) is 4.42 Å². The van der Waals surface area contributed by atoms with Gasteiger partial charge in [0.25, 0.3) is 0 Å². The number of rotatable bonds is 2. The molecule has 0 radical (unpaired) electrons. The van der Waals surface area contributed by atoms with Gasteiger partial charge in [0, 0.05) is 28.5 Å². The van der Waals surface area contributed by atoms with Crippen molar-refractivity contribution >= 4 is 43.5 Å². The van der Waals surface area contributed by atoms with Crippen LogP contribution in [-0.2, 0) is 7.05 Å². The highest BCUT2D eigenvalue weighted by Gasteiger charge is 2.24. The van der Waals surface area contributed by atoms with Gasteiger partial charge in [-0.1, -0.05) is 60.7 Å². The normalized spacial score (nSPS) is 11.5. The Bertz CT molecular complexity index is 2130. The molecule has 7 aromatic rings. The molecule has 2 aromatic heterocycles. The molecule has 0 aliphatic carbocycles. The van der Waals surface area contributed by atoms with Gasteiger partial charge < -0.3 is 4.42 Å². The summed E-state index contributed by atoms with van der Waals surface area (Å²) in [6, 6.07) is 34.1. The highest BCUT2D eigenvalue weighted by atomic mass is 16.3. The zero-order chi connectivity index (χ0) is 26.0. The average molecular weight is 490 g/mol. The molecule has 0 atom stereocenters. The van der Waals surface area contributed by atoms with Gasteiger partial charge in [-0.2, -0.15) is 5.26 Å². The second-order valence-electron chi connectivity index (χ2n) is 10.1. The minimum Gasteiger partial charge on any atom is -0.454 e. The first-order valence-corrected chi connectivity index (χ1v) is 12.8. The summed E-state index contributed by atoms with van der Waals surface area (Å²) >= 11 is 0. The molecule has 38 heavy (non-hydrogen) atoms. The number of nitriles is 1. The fourth-order valence-electron chi connectivity index (χ4n) is 5.87. The molecule has 180 valence electrons. The molecule has 7 rings (SSSR count). The minimum atomic E-state index is 0.608. The topological polar surface area (TPSA) is 40.8 Å². The summed E-state index contributed by atoms with van der Waals surface area (Å²) in [5, 5.41) is 16.9. The van der Waals surface area contributed by atoms with E-state index >= 15 is 0 Å². The second kappa shape index (κ2) is 8.30. The molecule has 0 aliphatic heterocycles. The summed E-state index contributed by atoms with van der Waals surface area (Å²) in [6.45, 7) is 4.24. The van der Waals surface area contributed by atoms with Crippen molar-refractivity contribution in [1.82, 2.24) is 0 Å². The maximum atomic E-state index is 10.2. The van der Waals surface area contributed by atoms with Crippen molar-refractivity contribution in [2.75, 3.05) is 0 Å². The third-order valence-corrected chi connectivity index (χ3v) is 7.74. The summed E-state index contributed by atoms with van der Waals surface area (Å²) < 4.78 is 8.98. The van der Waals surface area contributed by atoms with Gasteiger partial charge in [0.15, 0.2) is 6.20 Å². The molecule has 0 bridgehead atoms. The quantitative estimate of drug-likeness (QED) is 0.180. The molecule has 5 aromatic carbocycles. The number of hydrogen-bond acceptors (Lipinski definition) is 2. The van der Waals surface area contributed by atoms with Crippen molar-refractivity contribution in [1.29, 1.82) is 5.26 Å². The van der Waals surface area contributed by atoms with Crippen LogP contribution in [0.2, 0.25) is 0 Å². The predicted molar refractivity (Wildman–Crippen MR) is 155 cm³/mol. The molecule has 3 heteroatoms. The smallest absolute Gasteiger partial charge is 0.216 e. The monoisotopic (exact) mass is 489 g/mol. The van der Waals surface area contributed by atoms with E-state index in [0.717, 1.165) is 60.7 Å². The fraction of sp³-hybridized carbons (Fsp3) is 0.0857. The number of nitrogens with zero attached hydrogens (tertiary/aromatic N) is 2. The van der Waals surface area contributed by atoms with Crippen molar-refractivity contribution in [3.05, 3.63) is 114 Å². The Balaban J connectivity index is 1.65. The zero-order valence-electron chi connectivity index (χ0n) is 21.5. The van der Waals surface area contributed by atoms with Crippen LogP contribution in [-0.4, -0.2) is 0 Å². The van der Waals surface area contributed by atoms with Crippen molar-refractivity contribution in [2.24, 2.45) is 7.05 Å². The Hall–Kier alpha value is -4.94. The van der Waals surface area contributed by atoms with Crippen molar-refractivity contribution < 1.29 is 8.98 Å². The molecule has 0 saturated heterocycles. The van der Waals surface area contributed by atoms with Crippen LogP contribution < -0.4 is 4.57 Å². The third kappa shape index (κ3) is 3.17. The van der Waals surface area contributed by atoms with Gasteiger partial charge >= 0.3 is 0 Å². The minimum absolute atomic E-state index is 0.608. The fourth-order valence-corrected chi connectivity index (χ4v) is 5.87. The summed E-state index contributed by atoms with van der Waals surface area (Å²) in [6.07, 6.45) is 2.09. The lowest BCUT2D eigenvalue weighted by molar-refractivity contribution is -0.660. The van der Waals surface area contributed by atoms with Crippen LogP contribution in [0, 0.1) is 25.2 Å². The number of aryl methyl sites for hydroxylation is 3. The first-order valence-electron chi connectivity index (χ1n) is 12.8. The average Bonchev–Trinajstić information content (AvgIpc) is 3.32. The van der Waals surface area contributed by atoms with Gasteiger partial charge in [0.05, 0.1) is 17.2 Å². The molecule has 0 aliphatic rings. The Labute approximate surface area is 220 Å². The molecule has 0 unspecified atom stereocenters. The molecule has 0 N–H and O–H groups in total. The first-order chi connectivity index (χ1) is 18.5. The van der Waals surface area contributed by atoms with Crippen LogP contribution in [0.25, 0.3) is 65.9 Å². The number of hydrogen-bond donors (Lipinski definition) is 0. The van der Waals surface area contributed by atoms with Gasteiger partial charge in [0.2, 0.25) is 5.69 Å². The Morgan fingerprint density at radius 2 is 1.37 bits per heavy atom. The van der Waals surface area contributed by atoms with E-state index < -0.39 is 0 Å². The third-order valence-electron chi connectivity index (χ3n) is 7.74. The number of pyridine rings is 1. The standard InChI is InChI=1S/C35H25N2O/c1-21-16-17-37(3)31(18-21)32-22(2)12-14-28-29-15-13-24(20-36)33(35(29)38-34(28)32)30-19-23-8-4-5-9-25(23)26-10-6-7-11-27(26)30/h4-19H,1-3H3/q+1. The SMILES string of the molecule is Cc1cc[n+](C)c(-c2c(C)ccc3c2oc2c(-c4cc5ccccc5c5ccccc45)c(C#N)ccc23)c1. The molecule has 0 saturated carbocycles.